The number of hydrogen-bond donors (Lipinski definition) is 0. The highest BCUT2D eigenvalue weighted by Crippen LogP contribution is 2.54. The van der Waals surface area contributed by atoms with E-state index in [1.807, 2.05) is 285 Å². The van der Waals surface area contributed by atoms with Gasteiger partial charge in [0.25, 0.3) is 0 Å². The van der Waals surface area contributed by atoms with E-state index in [2.05, 4.69) is 30.3 Å². The minimum atomic E-state index is -4.84. The highest BCUT2D eigenvalue weighted by molar-refractivity contribution is 7.48. The van der Waals surface area contributed by atoms with Gasteiger partial charge in [-0.3, -0.25) is 18.4 Å². The molecule has 0 amide bonds. The van der Waals surface area contributed by atoms with Crippen LogP contribution in [-0.4, -0.2) is 125 Å². The van der Waals surface area contributed by atoms with E-state index >= 15 is 4.57 Å². The molecule has 0 saturated carbocycles. The number of ether oxygens (including phenoxy) is 14. The lowest BCUT2D eigenvalue weighted by Crippen LogP contribution is -2.47. The van der Waals surface area contributed by atoms with Crippen molar-refractivity contribution in [3.8, 4) is 0 Å². The summed E-state index contributed by atoms with van der Waals surface area (Å²) in [6.45, 7) is 2.25. The second-order valence-corrected chi connectivity index (χ2v) is 31.4. The molecule has 13 atom stereocenters. The molecule has 11 aromatic rings. The molecule has 0 bridgehead atoms. The summed E-state index contributed by atoms with van der Waals surface area (Å²) in [4.78, 5) is 25.4. The number of phosphoric acid groups is 1. The maximum Gasteiger partial charge on any atom is 0.475 e. The van der Waals surface area contributed by atoms with Crippen LogP contribution < -0.4 is 0 Å². The molecule has 628 valence electrons. The van der Waals surface area contributed by atoms with Crippen LogP contribution in [0.2, 0.25) is 0 Å². The molecule has 2 heterocycles. The average molecular weight is 1650 g/mol. The van der Waals surface area contributed by atoms with Gasteiger partial charge in [-0.2, -0.15) is 0 Å². The molecule has 20 nitrogen and oxygen atoms in total. The zero-order chi connectivity index (χ0) is 82.4. The van der Waals surface area contributed by atoms with E-state index in [0.29, 0.717) is 12.2 Å². The second kappa shape index (κ2) is 48.2. The topological polar surface area (TPSA) is 208 Å². The lowest BCUT2D eigenvalue weighted by Gasteiger charge is -2.35. The van der Waals surface area contributed by atoms with Crippen LogP contribution in [0, 0.1) is 0 Å². The molecule has 0 spiro atoms. The molecule has 0 radical (unpaired) electrons. The van der Waals surface area contributed by atoms with Crippen molar-refractivity contribution in [3.05, 3.63) is 371 Å². The van der Waals surface area contributed by atoms with E-state index in [4.69, 9.17) is 79.9 Å². The molecule has 2 aliphatic heterocycles. The predicted molar refractivity (Wildman–Crippen MR) is 454 cm³/mol. The van der Waals surface area contributed by atoms with Crippen molar-refractivity contribution in [2.45, 2.75) is 172 Å². The van der Waals surface area contributed by atoms with E-state index in [9.17, 15) is 9.59 Å². The first kappa shape index (κ1) is 88.2. The van der Waals surface area contributed by atoms with Gasteiger partial charge >= 0.3 is 13.8 Å². The second-order valence-electron chi connectivity index (χ2n) is 29.8. The van der Waals surface area contributed by atoms with Crippen LogP contribution >= 0.6 is 7.82 Å². The molecule has 11 aromatic carbocycles. The van der Waals surface area contributed by atoms with E-state index in [0.717, 1.165) is 60.8 Å². The minimum Gasteiger partial charge on any atom is -0.459 e. The molecule has 0 N–H and O–H groups in total. The van der Waals surface area contributed by atoms with Gasteiger partial charge in [-0.1, -0.05) is 309 Å². The molecule has 21 heteroatoms. The molecule has 13 rings (SSSR count). The van der Waals surface area contributed by atoms with Crippen molar-refractivity contribution >= 4 is 30.3 Å². The van der Waals surface area contributed by atoms with Gasteiger partial charge in [-0.25, -0.2) is 4.57 Å². The molecule has 2 aliphatic rings. The monoisotopic (exact) mass is 1650 g/mol. The maximum atomic E-state index is 16.6. The largest absolute Gasteiger partial charge is 0.475 e. The zero-order valence-corrected chi connectivity index (χ0v) is 68.6. The fourth-order valence-corrected chi connectivity index (χ4v) is 15.4. The Hall–Kier alpha value is -9.59. The maximum absolute atomic E-state index is 16.6. The summed E-state index contributed by atoms with van der Waals surface area (Å²) in [5.41, 5.74) is 8.87. The smallest absolute Gasteiger partial charge is 0.459 e. The Balaban J connectivity index is 0.808. The Morgan fingerprint density at radius 3 is 1.07 bits per heavy atom. The first-order valence-electron chi connectivity index (χ1n) is 41.1. The zero-order valence-electron chi connectivity index (χ0n) is 67.7. The number of fused-ring (bicyclic) bond motifs is 1. The predicted octanol–water partition coefficient (Wildman–Crippen LogP) is 18.6. The number of hydrogen-bond acceptors (Lipinski definition) is 20. The van der Waals surface area contributed by atoms with Gasteiger partial charge in [0.1, 0.15) is 66.8 Å². The van der Waals surface area contributed by atoms with Gasteiger partial charge < -0.3 is 71.1 Å². The van der Waals surface area contributed by atoms with E-state index in [-0.39, 0.29) is 124 Å². The number of carbonyl (C=O) groups excluding carboxylic acids is 2. The molecule has 2 saturated heterocycles. The van der Waals surface area contributed by atoms with E-state index in [1.54, 1.807) is 0 Å². The van der Waals surface area contributed by atoms with Crippen molar-refractivity contribution in [1.82, 2.24) is 0 Å². The summed E-state index contributed by atoms with van der Waals surface area (Å²) >= 11 is 0. The molecular formula is C99H107O20P. The van der Waals surface area contributed by atoms with E-state index in [1.165, 1.54) is 6.92 Å². The molecular weight excluding hydrogens is 1540 g/mol. The van der Waals surface area contributed by atoms with Crippen molar-refractivity contribution < 1.29 is 94.0 Å². The SMILES string of the molecule is CC(=O)CCC(=O)O[C@@H]1C[C@H](OCC(OCc2ccccc2)C(OCc2ccccc2)C(COP(=O)(OCc2ccccc2)OC2C[C@H](OCC(OCc3ccccc3)C(OCc3ccccc3)C(COCc3ccc4ccccc4c3)OCc3ccccc3)O[C@@H]2COCc2ccccc2)OCc2ccccc2)O[C@@H]1COCc1ccccc1. The van der Waals surface area contributed by atoms with Gasteiger partial charge in [0, 0.05) is 19.3 Å². The summed E-state index contributed by atoms with van der Waals surface area (Å²) < 4.78 is 132. The van der Waals surface area contributed by atoms with Gasteiger partial charge in [-0.05, 0) is 79.4 Å². The van der Waals surface area contributed by atoms with E-state index < -0.39 is 94.0 Å². The molecule has 120 heavy (non-hydrogen) atoms. The number of ketones is 1. The standard InChI is InChI=1S/C99H107O20P/c1-74(100)51-54-95(101)116-87-56-96(117-89(87)68-103-58-75-31-11-2-12-32-75)110-72-93(108-63-79-39-19-6-20-40-79)99(113-66-82-45-25-9-26-46-82)94(109-64-80-41-21-7-22-42-80)73-115-120(102,114-67-83-47-27-10-28-48-83)119-88-57-97(118-90(88)69-104-59-76-33-13-3-14-34-76)111-71-92(107-62-78-37-17-5-18-38-78)98(112-65-81-43-23-8-24-44-81)91(106-61-77-35-15-4-16-36-77)70-105-60-84-52-53-85-49-29-30-50-86(85)55-84/h2-50,52-53,55,87-94,96-99H,51,54,56-73H2,1H3/t87-,88?,89-,90-,91?,92?,93?,94?,96-,97-,98?,99?,120?/m1/s1. The van der Waals surface area contributed by atoms with Crippen LogP contribution in [0.1, 0.15) is 88.2 Å². The molecule has 2 fully saturated rings. The molecule has 0 aliphatic carbocycles. The highest BCUT2D eigenvalue weighted by atomic mass is 31.2. The Kier molecular flexibility index (Phi) is 35.4. The fourth-order valence-electron chi connectivity index (χ4n) is 14.0. The number of carbonyl (C=O) groups is 2. The average Bonchev–Trinajstić information content (AvgIpc) is 1.66. The summed E-state index contributed by atoms with van der Waals surface area (Å²) in [6, 6.07) is 102. The number of benzene rings is 11. The lowest BCUT2D eigenvalue weighted by molar-refractivity contribution is -0.208. The van der Waals surface area contributed by atoms with Gasteiger partial charge in [0.15, 0.2) is 12.6 Å². The number of esters is 1. The van der Waals surface area contributed by atoms with Crippen LogP contribution in [0.3, 0.4) is 0 Å². The third-order valence-electron chi connectivity index (χ3n) is 20.5. The Morgan fingerprint density at radius 2 is 0.667 bits per heavy atom. The summed E-state index contributed by atoms with van der Waals surface area (Å²) in [6.07, 6.45) is -11.1. The molecule has 8 unspecified atom stereocenters. The quantitative estimate of drug-likeness (QED) is 0.0256. The van der Waals surface area contributed by atoms with Gasteiger partial charge in [-0.15, -0.1) is 0 Å². The minimum absolute atomic E-state index is 0.0103. The first-order valence-corrected chi connectivity index (χ1v) is 42.6. The number of rotatable bonds is 52. The van der Waals surface area contributed by atoms with Crippen molar-refractivity contribution in [3.63, 3.8) is 0 Å². The third kappa shape index (κ3) is 29.4. The Bertz CT molecular complexity index is 4770. The van der Waals surface area contributed by atoms with Gasteiger partial charge in [0.05, 0.1) is 112 Å². The van der Waals surface area contributed by atoms with Crippen LogP contribution in [0.15, 0.2) is 315 Å². The van der Waals surface area contributed by atoms with Crippen molar-refractivity contribution in [2.24, 2.45) is 0 Å². The Morgan fingerprint density at radius 1 is 0.333 bits per heavy atom. The summed E-state index contributed by atoms with van der Waals surface area (Å²) in [5, 5.41) is 2.23. The van der Waals surface area contributed by atoms with Crippen LogP contribution in [0.4, 0.5) is 0 Å². The van der Waals surface area contributed by atoms with Crippen molar-refractivity contribution in [2.75, 3.05) is 39.6 Å². The third-order valence-corrected chi connectivity index (χ3v) is 21.9. The van der Waals surface area contributed by atoms with Gasteiger partial charge in [0.2, 0.25) is 0 Å². The number of phosphoric ester groups is 1. The summed E-state index contributed by atoms with van der Waals surface area (Å²) in [5.74, 6) is -0.686. The van der Waals surface area contributed by atoms with Crippen molar-refractivity contribution in [1.29, 1.82) is 0 Å². The van der Waals surface area contributed by atoms with Crippen LogP contribution in [0.5, 0.6) is 0 Å². The van der Waals surface area contributed by atoms with Crippen LogP contribution in [-0.2, 0) is 160 Å². The normalized spacial score (nSPS) is 18.6. The first-order chi connectivity index (χ1) is 59.0. The molecule has 0 aromatic heterocycles. The Labute approximate surface area is 703 Å². The summed E-state index contributed by atoms with van der Waals surface area (Å²) in [7, 11) is -4.84. The number of Topliss-reactive ketones (excluding diaryl/α,β-unsaturated/α-hetero) is 1. The lowest BCUT2D eigenvalue weighted by atomic mass is 10.1. The fraction of sp³-hybridized carbons (Fsp3) is 0.333. The van der Waals surface area contributed by atoms with Crippen LogP contribution in [0.25, 0.3) is 10.8 Å². The highest BCUT2D eigenvalue weighted by Gasteiger charge is 2.46.